The Kier molecular flexibility index (Phi) is 5.42. The van der Waals surface area contributed by atoms with E-state index in [-0.39, 0.29) is 23.8 Å². The zero-order valence-electron chi connectivity index (χ0n) is 14.5. The Morgan fingerprint density at radius 3 is 2.43 bits per heavy atom. The molecule has 5 nitrogen and oxygen atoms in total. The molecule has 0 saturated carbocycles. The lowest BCUT2D eigenvalue weighted by atomic mass is 9.96. The molecule has 1 saturated heterocycles. The highest BCUT2D eigenvalue weighted by atomic mass is 16.2. The number of carbonyl (C=O) groups excluding carboxylic acids is 2. The van der Waals surface area contributed by atoms with Gasteiger partial charge in [-0.25, -0.2) is 0 Å². The van der Waals surface area contributed by atoms with Crippen LogP contribution in [0.3, 0.4) is 0 Å². The van der Waals surface area contributed by atoms with Crippen molar-refractivity contribution in [2.45, 2.75) is 46.6 Å². The molecule has 1 fully saturated rings. The summed E-state index contributed by atoms with van der Waals surface area (Å²) in [5.74, 6) is -0.459. The van der Waals surface area contributed by atoms with Crippen molar-refractivity contribution in [2.24, 2.45) is 11.7 Å². The Bertz CT molecular complexity index is 589. The summed E-state index contributed by atoms with van der Waals surface area (Å²) in [6.07, 6.45) is 1.71. The predicted molar refractivity (Wildman–Crippen MR) is 92.2 cm³/mol. The zero-order valence-corrected chi connectivity index (χ0v) is 14.5. The van der Waals surface area contributed by atoms with E-state index < -0.39 is 0 Å². The van der Waals surface area contributed by atoms with Crippen LogP contribution in [0.5, 0.6) is 0 Å². The van der Waals surface area contributed by atoms with Crippen LogP contribution in [0.2, 0.25) is 0 Å². The van der Waals surface area contributed by atoms with Crippen molar-refractivity contribution in [1.29, 1.82) is 0 Å². The van der Waals surface area contributed by atoms with E-state index in [1.165, 1.54) is 5.56 Å². The molecule has 0 bridgehead atoms. The molecule has 0 radical (unpaired) electrons. The van der Waals surface area contributed by atoms with Crippen LogP contribution in [-0.2, 0) is 9.59 Å². The fourth-order valence-electron chi connectivity index (χ4n) is 3.36. The van der Waals surface area contributed by atoms with Gasteiger partial charge in [0.15, 0.2) is 0 Å². The quantitative estimate of drug-likeness (QED) is 0.893. The molecule has 2 amide bonds. The van der Waals surface area contributed by atoms with E-state index in [9.17, 15) is 9.59 Å². The first-order chi connectivity index (χ1) is 10.8. The molecule has 23 heavy (non-hydrogen) atoms. The van der Waals surface area contributed by atoms with E-state index in [4.69, 9.17) is 5.73 Å². The topological polar surface area (TPSA) is 75.4 Å². The smallest absolute Gasteiger partial charge is 0.241 e. The number of hydrogen-bond acceptors (Lipinski definition) is 3. The number of rotatable bonds is 4. The van der Waals surface area contributed by atoms with Gasteiger partial charge in [0, 0.05) is 12.2 Å². The molecule has 2 atom stereocenters. The minimum absolute atomic E-state index is 0.0369. The first-order valence-corrected chi connectivity index (χ1v) is 8.21. The van der Waals surface area contributed by atoms with Gasteiger partial charge in [0.1, 0.15) is 0 Å². The summed E-state index contributed by atoms with van der Waals surface area (Å²) in [6.45, 7) is 9.33. The first-order valence-electron chi connectivity index (χ1n) is 8.21. The molecule has 1 aliphatic rings. The van der Waals surface area contributed by atoms with E-state index in [2.05, 4.69) is 17.4 Å². The lowest BCUT2D eigenvalue weighted by Gasteiger charge is -2.35. The third-order valence-corrected chi connectivity index (χ3v) is 4.71. The largest absolute Gasteiger partial charge is 0.369 e. The van der Waals surface area contributed by atoms with Crippen LogP contribution in [-0.4, -0.2) is 35.8 Å². The van der Waals surface area contributed by atoms with Crippen molar-refractivity contribution in [3.63, 3.8) is 0 Å². The van der Waals surface area contributed by atoms with Crippen LogP contribution in [0.4, 0.5) is 5.69 Å². The zero-order chi connectivity index (χ0) is 17.1. The van der Waals surface area contributed by atoms with Crippen LogP contribution in [0.25, 0.3) is 0 Å². The lowest BCUT2D eigenvalue weighted by molar-refractivity contribution is -0.127. The van der Waals surface area contributed by atoms with Crippen LogP contribution < -0.4 is 11.1 Å². The monoisotopic (exact) mass is 317 g/mol. The second-order valence-electron chi connectivity index (χ2n) is 6.68. The lowest BCUT2D eigenvalue weighted by Crippen LogP contribution is -2.49. The molecule has 0 unspecified atom stereocenters. The summed E-state index contributed by atoms with van der Waals surface area (Å²) in [6, 6.07) is 3.85. The molecular formula is C18H27N3O2. The normalized spacial score (nSPS) is 20.1. The number of nitrogens with one attached hydrogen (secondary N) is 1. The van der Waals surface area contributed by atoms with Crippen molar-refractivity contribution in [3.05, 3.63) is 28.8 Å². The van der Waals surface area contributed by atoms with Gasteiger partial charge in [0.25, 0.3) is 0 Å². The molecule has 1 aromatic rings. The maximum atomic E-state index is 12.6. The summed E-state index contributed by atoms with van der Waals surface area (Å²) >= 11 is 0. The molecular weight excluding hydrogens is 290 g/mol. The standard InChI is InChI=1S/C18H27N3O2/c1-11-8-12(2)16(13(3)9-11)20-18(23)14(4)21-7-5-6-15(10-21)17(19)22/h8-9,14-15H,5-7,10H2,1-4H3,(H2,19,22)(H,20,23)/t14-,15+/m0/s1. The molecule has 0 aliphatic carbocycles. The fraction of sp³-hybridized carbons (Fsp3) is 0.556. The Hall–Kier alpha value is -1.88. The summed E-state index contributed by atoms with van der Waals surface area (Å²) in [5.41, 5.74) is 9.62. The number of amides is 2. The van der Waals surface area contributed by atoms with Gasteiger partial charge in [0.05, 0.1) is 12.0 Å². The second kappa shape index (κ2) is 7.13. The number of nitrogens with two attached hydrogens (primary N) is 1. The molecule has 126 valence electrons. The number of piperidine rings is 1. The molecule has 0 aromatic heterocycles. The number of likely N-dealkylation sites (tertiary alicyclic amines) is 1. The Morgan fingerprint density at radius 1 is 1.26 bits per heavy atom. The van der Waals surface area contributed by atoms with Gasteiger partial charge in [-0.2, -0.15) is 0 Å². The predicted octanol–water partition coefficient (Wildman–Crippen LogP) is 2.14. The average Bonchev–Trinajstić information content (AvgIpc) is 2.50. The van der Waals surface area contributed by atoms with Gasteiger partial charge in [0.2, 0.25) is 11.8 Å². The van der Waals surface area contributed by atoms with Gasteiger partial charge in [-0.1, -0.05) is 17.7 Å². The van der Waals surface area contributed by atoms with Crippen LogP contribution in [0.1, 0.15) is 36.5 Å². The molecule has 2 rings (SSSR count). The van der Waals surface area contributed by atoms with Crippen molar-refractivity contribution in [3.8, 4) is 0 Å². The number of nitrogens with zero attached hydrogens (tertiary/aromatic N) is 1. The van der Waals surface area contributed by atoms with Gasteiger partial charge < -0.3 is 11.1 Å². The number of hydrogen-bond donors (Lipinski definition) is 2. The number of primary amides is 1. The third-order valence-electron chi connectivity index (χ3n) is 4.71. The molecule has 1 aliphatic heterocycles. The number of anilines is 1. The van der Waals surface area contributed by atoms with Crippen LogP contribution in [0.15, 0.2) is 12.1 Å². The van der Waals surface area contributed by atoms with Gasteiger partial charge in [-0.05, 0) is 58.2 Å². The Morgan fingerprint density at radius 2 is 1.87 bits per heavy atom. The summed E-state index contributed by atoms with van der Waals surface area (Å²) in [7, 11) is 0. The maximum Gasteiger partial charge on any atom is 0.241 e. The molecule has 3 N–H and O–H groups in total. The number of benzene rings is 1. The molecule has 0 spiro atoms. The Balaban J connectivity index is 2.07. The molecule has 1 aromatic carbocycles. The fourth-order valence-corrected chi connectivity index (χ4v) is 3.36. The van der Waals surface area contributed by atoms with Crippen LogP contribution >= 0.6 is 0 Å². The van der Waals surface area contributed by atoms with Crippen molar-refractivity contribution >= 4 is 17.5 Å². The highest BCUT2D eigenvalue weighted by molar-refractivity contribution is 5.96. The second-order valence-corrected chi connectivity index (χ2v) is 6.68. The summed E-state index contributed by atoms with van der Waals surface area (Å²) in [4.78, 5) is 26.1. The first kappa shape index (κ1) is 17.5. The van der Waals surface area contributed by atoms with Crippen molar-refractivity contribution in [1.82, 2.24) is 4.90 Å². The maximum absolute atomic E-state index is 12.6. The summed E-state index contributed by atoms with van der Waals surface area (Å²) in [5, 5.41) is 3.05. The minimum atomic E-state index is -0.280. The highest BCUT2D eigenvalue weighted by Crippen LogP contribution is 2.23. The van der Waals surface area contributed by atoms with Crippen LogP contribution in [0, 0.1) is 26.7 Å². The van der Waals surface area contributed by atoms with E-state index in [1.807, 2.05) is 32.6 Å². The van der Waals surface area contributed by atoms with E-state index in [0.29, 0.717) is 6.54 Å². The summed E-state index contributed by atoms with van der Waals surface area (Å²) < 4.78 is 0. The number of aryl methyl sites for hydroxylation is 3. The SMILES string of the molecule is Cc1cc(C)c(NC(=O)[C@H](C)N2CCC[C@@H](C(N)=O)C2)c(C)c1. The third kappa shape index (κ3) is 4.10. The van der Waals surface area contributed by atoms with Gasteiger partial charge >= 0.3 is 0 Å². The molecule has 1 heterocycles. The average molecular weight is 317 g/mol. The Labute approximate surface area is 138 Å². The van der Waals surface area contributed by atoms with Crippen molar-refractivity contribution in [2.75, 3.05) is 18.4 Å². The number of carbonyl (C=O) groups is 2. The highest BCUT2D eigenvalue weighted by Gasteiger charge is 2.30. The van der Waals surface area contributed by atoms with Crippen molar-refractivity contribution < 1.29 is 9.59 Å². The van der Waals surface area contributed by atoms with Gasteiger partial charge in [-0.15, -0.1) is 0 Å². The molecule has 5 heteroatoms. The van der Waals surface area contributed by atoms with E-state index in [0.717, 1.165) is 36.2 Å². The van der Waals surface area contributed by atoms with E-state index in [1.54, 1.807) is 0 Å². The minimum Gasteiger partial charge on any atom is -0.369 e. The van der Waals surface area contributed by atoms with Gasteiger partial charge in [-0.3, -0.25) is 14.5 Å². The van der Waals surface area contributed by atoms with E-state index >= 15 is 0 Å².